The highest BCUT2D eigenvalue weighted by atomic mass is 14.7. The van der Waals surface area contributed by atoms with Crippen LogP contribution in [0, 0.1) is 0 Å². The number of aromatic nitrogens is 2. The topological polar surface area (TPSA) is 51.8 Å². The molecule has 3 nitrogen and oxygen atoms in total. The number of rotatable bonds is 1. The lowest BCUT2D eigenvalue weighted by Gasteiger charge is -2.07. The second-order valence-corrected chi connectivity index (χ2v) is 3.84. The van der Waals surface area contributed by atoms with Crippen molar-refractivity contribution in [2.45, 2.75) is 0 Å². The van der Waals surface area contributed by atoms with E-state index >= 15 is 0 Å². The van der Waals surface area contributed by atoms with Gasteiger partial charge in [-0.1, -0.05) is 18.2 Å². The van der Waals surface area contributed by atoms with E-state index in [9.17, 15) is 0 Å². The summed E-state index contributed by atoms with van der Waals surface area (Å²) < 4.78 is 0. The molecule has 0 aliphatic carbocycles. The van der Waals surface area contributed by atoms with E-state index in [4.69, 9.17) is 5.73 Å². The molecule has 0 aliphatic rings. The molecule has 0 saturated carbocycles. The largest absolute Gasteiger partial charge is 0.398 e. The number of nitrogens with two attached hydrogens (primary N) is 1. The van der Waals surface area contributed by atoms with Gasteiger partial charge in [0.1, 0.15) is 0 Å². The lowest BCUT2D eigenvalue weighted by atomic mass is 10.0. The van der Waals surface area contributed by atoms with E-state index in [2.05, 4.69) is 9.97 Å². The molecular formula is C14H11N3. The molecule has 0 radical (unpaired) electrons. The molecule has 1 aromatic carbocycles. The summed E-state index contributed by atoms with van der Waals surface area (Å²) in [5, 5.41) is 2.14. The fourth-order valence-corrected chi connectivity index (χ4v) is 1.94. The van der Waals surface area contributed by atoms with Crippen LogP contribution in [0.3, 0.4) is 0 Å². The summed E-state index contributed by atoms with van der Waals surface area (Å²) in [7, 11) is 0. The lowest BCUT2D eigenvalue weighted by molar-refractivity contribution is 1.32. The van der Waals surface area contributed by atoms with Gasteiger partial charge in [0, 0.05) is 35.2 Å². The van der Waals surface area contributed by atoms with Gasteiger partial charge < -0.3 is 5.73 Å². The first-order valence-electron chi connectivity index (χ1n) is 5.40. The van der Waals surface area contributed by atoms with Crippen molar-refractivity contribution in [1.29, 1.82) is 0 Å². The van der Waals surface area contributed by atoms with Crippen LogP contribution >= 0.6 is 0 Å². The molecule has 0 bridgehead atoms. The highest BCUT2D eigenvalue weighted by Gasteiger charge is 2.07. The quantitative estimate of drug-likeness (QED) is 0.643. The van der Waals surface area contributed by atoms with Crippen LogP contribution in [0.4, 0.5) is 5.69 Å². The summed E-state index contributed by atoms with van der Waals surface area (Å²) >= 11 is 0. The number of benzene rings is 1. The van der Waals surface area contributed by atoms with E-state index < -0.39 is 0 Å². The molecule has 2 aromatic heterocycles. The van der Waals surface area contributed by atoms with E-state index in [-0.39, 0.29) is 0 Å². The molecular weight excluding hydrogens is 210 g/mol. The van der Waals surface area contributed by atoms with Gasteiger partial charge in [0.2, 0.25) is 0 Å². The van der Waals surface area contributed by atoms with E-state index in [0.29, 0.717) is 0 Å². The first kappa shape index (κ1) is 9.78. The number of nitrogens with zero attached hydrogens (tertiary/aromatic N) is 2. The molecule has 0 spiro atoms. The number of anilines is 1. The summed E-state index contributed by atoms with van der Waals surface area (Å²) in [5.41, 5.74) is 8.55. The smallest absolute Gasteiger partial charge is 0.0816 e. The highest BCUT2D eigenvalue weighted by Crippen LogP contribution is 2.29. The molecule has 3 aromatic rings. The molecule has 17 heavy (non-hydrogen) atoms. The molecule has 2 heterocycles. The van der Waals surface area contributed by atoms with Gasteiger partial charge in [-0.3, -0.25) is 9.97 Å². The van der Waals surface area contributed by atoms with Gasteiger partial charge in [-0.2, -0.15) is 0 Å². The Kier molecular flexibility index (Phi) is 2.22. The van der Waals surface area contributed by atoms with Gasteiger partial charge in [-0.15, -0.1) is 0 Å². The van der Waals surface area contributed by atoms with Crippen LogP contribution < -0.4 is 5.73 Å². The SMILES string of the molecule is Nc1ccccc1-c1nccc2ccncc12. The van der Waals surface area contributed by atoms with E-state index in [0.717, 1.165) is 27.7 Å². The molecule has 3 rings (SSSR count). The maximum absolute atomic E-state index is 5.98. The maximum Gasteiger partial charge on any atom is 0.0816 e. The van der Waals surface area contributed by atoms with Crippen LogP contribution in [-0.2, 0) is 0 Å². The van der Waals surface area contributed by atoms with Gasteiger partial charge in [-0.25, -0.2) is 0 Å². The molecule has 82 valence electrons. The number of pyridine rings is 2. The minimum absolute atomic E-state index is 0.733. The average Bonchev–Trinajstić information content (AvgIpc) is 2.39. The van der Waals surface area contributed by atoms with Gasteiger partial charge in [0.05, 0.1) is 5.69 Å². The monoisotopic (exact) mass is 221 g/mol. The Morgan fingerprint density at radius 2 is 1.76 bits per heavy atom. The third-order valence-electron chi connectivity index (χ3n) is 2.78. The van der Waals surface area contributed by atoms with E-state index in [1.807, 2.05) is 42.6 Å². The van der Waals surface area contributed by atoms with E-state index in [1.165, 1.54) is 0 Å². The highest BCUT2D eigenvalue weighted by molar-refractivity contribution is 5.96. The van der Waals surface area contributed by atoms with E-state index in [1.54, 1.807) is 12.4 Å². The Hall–Kier alpha value is -2.42. The zero-order valence-electron chi connectivity index (χ0n) is 9.17. The number of para-hydroxylation sites is 1. The minimum Gasteiger partial charge on any atom is -0.398 e. The summed E-state index contributed by atoms with van der Waals surface area (Å²) in [4.78, 5) is 8.57. The van der Waals surface area contributed by atoms with Crippen molar-refractivity contribution in [3.8, 4) is 11.3 Å². The molecule has 3 heteroatoms. The Bertz CT molecular complexity index is 672. The van der Waals surface area contributed by atoms with Gasteiger partial charge in [-0.05, 0) is 23.6 Å². The third kappa shape index (κ3) is 1.61. The summed E-state index contributed by atoms with van der Waals surface area (Å²) in [6.45, 7) is 0. The standard InChI is InChI=1S/C14H11N3/c15-13-4-2-1-3-11(13)14-12-9-16-7-5-10(12)6-8-17-14/h1-9H,15H2. The summed E-state index contributed by atoms with van der Waals surface area (Å²) in [6.07, 6.45) is 5.40. The average molecular weight is 221 g/mol. The molecule has 0 unspecified atom stereocenters. The number of fused-ring (bicyclic) bond motifs is 1. The molecule has 0 amide bonds. The zero-order chi connectivity index (χ0) is 11.7. The van der Waals surface area contributed by atoms with Crippen molar-refractivity contribution in [2.24, 2.45) is 0 Å². The summed E-state index contributed by atoms with van der Waals surface area (Å²) in [5.74, 6) is 0. The van der Waals surface area contributed by atoms with Crippen molar-refractivity contribution in [3.05, 3.63) is 55.0 Å². The molecule has 0 saturated heterocycles. The van der Waals surface area contributed by atoms with Crippen molar-refractivity contribution in [2.75, 3.05) is 5.73 Å². The van der Waals surface area contributed by atoms with Crippen molar-refractivity contribution in [3.63, 3.8) is 0 Å². The molecule has 0 fully saturated rings. The maximum atomic E-state index is 5.98. The fraction of sp³-hybridized carbons (Fsp3) is 0. The van der Waals surface area contributed by atoms with Crippen LogP contribution in [0.2, 0.25) is 0 Å². The van der Waals surface area contributed by atoms with Crippen molar-refractivity contribution < 1.29 is 0 Å². The predicted molar refractivity (Wildman–Crippen MR) is 69.4 cm³/mol. The first-order chi connectivity index (χ1) is 8.36. The lowest BCUT2D eigenvalue weighted by Crippen LogP contribution is -1.92. The Labute approximate surface area is 98.9 Å². The normalized spacial score (nSPS) is 10.6. The first-order valence-corrected chi connectivity index (χ1v) is 5.40. The fourth-order valence-electron chi connectivity index (χ4n) is 1.94. The van der Waals surface area contributed by atoms with Crippen LogP contribution in [0.15, 0.2) is 55.0 Å². The van der Waals surface area contributed by atoms with Crippen LogP contribution in [0.5, 0.6) is 0 Å². The second kappa shape index (κ2) is 3.87. The summed E-state index contributed by atoms with van der Waals surface area (Å²) in [6, 6.07) is 11.7. The Balaban J connectivity index is 2.35. The van der Waals surface area contributed by atoms with Crippen molar-refractivity contribution in [1.82, 2.24) is 9.97 Å². The molecule has 0 aliphatic heterocycles. The zero-order valence-corrected chi connectivity index (χ0v) is 9.17. The van der Waals surface area contributed by atoms with Gasteiger partial charge in [0.15, 0.2) is 0 Å². The second-order valence-electron chi connectivity index (χ2n) is 3.84. The Morgan fingerprint density at radius 1 is 0.941 bits per heavy atom. The third-order valence-corrected chi connectivity index (χ3v) is 2.78. The number of nitrogen functional groups attached to an aromatic ring is 1. The van der Waals surface area contributed by atoms with Gasteiger partial charge in [0.25, 0.3) is 0 Å². The number of hydrogen-bond acceptors (Lipinski definition) is 3. The Morgan fingerprint density at radius 3 is 2.65 bits per heavy atom. The van der Waals surface area contributed by atoms with Crippen molar-refractivity contribution >= 4 is 16.5 Å². The number of hydrogen-bond donors (Lipinski definition) is 1. The van der Waals surface area contributed by atoms with Crippen LogP contribution in [0.25, 0.3) is 22.0 Å². The molecule has 0 atom stereocenters. The molecule has 2 N–H and O–H groups in total. The van der Waals surface area contributed by atoms with Crippen LogP contribution in [-0.4, -0.2) is 9.97 Å². The predicted octanol–water partition coefficient (Wildman–Crippen LogP) is 2.88. The van der Waals surface area contributed by atoms with Gasteiger partial charge >= 0.3 is 0 Å². The van der Waals surface area contributed by atoms with Crippen LogP contribution in [0.1, 0.15) is 0 Å². The minimum atomic E-state index is 0.733.